The van der Waals surface area contributed by atoms with Gasteiger partial charge >= 0.3 is 5.97 Å². The molecule has 0 amide bonds. The van der Waals surface area contributed by atoms with Crippen LogP contribution in [0.15, 0.2) is 12.2 Å². The van der Waals surface area contributed by atoms with Gasteiger partial charge in [-0.15, -0.1) is 6.58 Å². The molecule has 0 bridgehead atoms. The molecule has 2 atom stereocenters. The van der Waals surface area contributed by atoms with Gasteiger partial charge in [0.2, 0.25) is 0 Å². The van der Waals surface area contributed by atoms with Crippen LogP contribution in [0.2, 0.25) is 0 Å². The van der Waals surface area contributed by atoms with Crippen molar-refractivity contribution in [2.24, 2.45) is 5.92 Å². The zero-order chi connectivity index (χ0) is 11.4. The summed E-state index contributed by atoms with van der Waals surface area (Å²) in [6.07, 6.45) is 0.902. The first kappa shape index (κ1) is 12.2. The molecule has 1 aliphatic heterocycles. The predicted molar refractivity (Wildman–Crippen MR) is 57.8 cm³/mol. The van der Waals surface area contributed by atoms with Gasteiger partial charge in [-0.25, -0.2) is 0 Å². The average Bonchev–Trinajstić information content (AvgIpc) is 2.62. The van der Waals surface area contributed by atoms with Crippen molar-refractivity contribution in [1.29, 1.82) is 0 Å². The van der Waals surface area contributed by atoms with Crippen LogP contribution in [0.1, 0.15) is 13.3 Å². The number of likely N-dealkylation sites (N-methyl/N-ethyl adjacent to an activating group) is 1. The van der Waals surface area contributed by atoms with Crippen molar-refractivity contribution in [3.05, 3.63) is 12.2 Å². The SMILES string of the molecule is C=C(C)CCN(C)C1COCC1C(=O)O. The molecule has 0 saturated carbocycles. The Morgan fingerprint density at radius 1 is 1.60 bits per heavy atom. The molecule has 4 nitrogen and oxygen atoms in total. The minimum atomic E-state index is -0.764. The van der Waals surface area contributed by atoms with Crippen LogP contribution in [0.3, 0.4) is 0 Å². The normalized spacial score (nSPS) is 25.8. The maximum absolute atomic E-state index is 10.9. The topological polar surface area (TPSA) is 49.8 Å². The first-order valence-electron chi connectivity index (χ1n) is 5.17. The molecule has 4 heteroatoms. The fourth-order valence-corrected chi connectivity index (χ4v) is 1.75. The highest BCUT2D eigenvalue weighted by atomic mass is 16.5. The van der Waals surface area contributed by atoms with Gasteiger partial charge in [0.05, 0.1) is 19.1 Å². The fourth-order valence-electron chi connectivity index (χ4n) is 1.75. The second-order valence-corrected chi connectivity index (χ2v) is 4.24. The molecule has 1 heterocycles. The molecule has 0 aliphatic carbocycles. The van der Waals surface area contributed by atoms with Crippen LogP contribution in [0.25, 0.3) is 0 Å². The molecule has 15 heavy (non-hydrogen) atoms. The number of hydrogen-bond donors (Lipinski definition) is 1. The molecule has 1 N–H and O–H groups in total. The number of rotatable bonds is 5. The van der Waals surface area contributed by atoms with Gasteiger partial charge in [-0.2, -0.15) is 0 Å². The third kappa shape index (κ3) is 3.32. The quantitative estimate of drug-likeness (QED) is 0.692. The second-order valence-electron chi connectivity index (χ2n) is 4.24. The molecule has 0 aromatic rings. The lowest BCUT2D eigenvalue weighted by Gasteiger charge is -2.26. The van der Waals surface area contributed by atoms with Gasteiger partial charge in [0, 0.05) is 12.6 Å². The summed E-state index contributed by atoms with van der Waals surface area (Å²) in [4.78, 5) is 13.0. The number of carboxylic acid groups (broad SMARTS) is 1. The highest BCUT2D eigenvalue weighted by Gasteiger charge is 2.36. The smallest absolute Gasteiger partial charge is 0.310 e. The van der Waals surface area contributed by atoms with E-state index in [4.69, 9.17) is 9.84 Å². The summed E-state index contributed by atoms with van der Waals surface area (Å²) in [7, 11) is 1.94. The van der Waals surface area contributed by atoms with E-state index in [1.54, 1.807) is 0 Å². The van der Waals surface area contributed by atoms with E-state index >= 15 is 0 Å². The van der Waals surface area contributed by atoms with Crippen molar-refractivity contribution >= 4 is 5.97 Å². The molecule has 1 rings (SSSR count). The molecular formula is C11H19NO3. The Morgan fingerprint density at radius 3 is 2.80 bits per heavy atom. The van der Waals surface area contributed by atoms with E-state index in [0.717, 1.165) is 18.5 Å². The van der Waals surface area contributed by atoms with E-state index in [1.165, 1.54) is 0 Å². The van der Waals surface area contributed by atoms with Crippen LogP contribution < -0.4 is 0 Å². The minimum Gasteiger partial charge on any atom is -0.481 e. The van der Waals surface area contributed by atoms with E-state index < -0.39 is 5.97 Å². The molecule has 1 fully saturated rings. The summed E-state index contributed by atoms with van der Waals surface area (Å²) in [6, 6.07) is 0.00171. The molecular weight excluding hydrogens is 194 g/mol. The zero-order valence-corrected chi connectivity index (χ0v) is 9.40. The lowest BCUT2D eigenvalue weighted by Crippen LogP contribution is -2.41. The molecule has 2 unspecified atom stereocenters. The van der Waals surface area contributed by atoms with Gasteiger partial charge in [-0.1, -0.05) is 5.57 Å². The first-order chi connectivity index (χ1) is 7.02. The van der Waals surface area contributed by atoms with Crippen molar-refractivity contribution in [3.63, 3.8) is 0 Å². The maximum atomic E-state index is 10.9. The number of carboxylic acids is 1. The van der Waals surface area contributed by atoms with Gasteiger partial charge in [0.25, 0.3) is 0 Å². The van der Waals surface area contributed by atoms with Gasteiger partial charge < -0.3 is 9.84 Å². The first-order valence-corrected chi connectivity index (χ1v) is 5.17. The van der Waals surface area contributed by atoms with Crippen molar-refractivity contribution in [3.8, 4) is 0 Å². The zero-order valence-electron chi connectivity index (χ0n) is 9.40. The lowest BCUT2D eigenvalue weighted by molar-refractivity contribution is -0.143. The summed E-state index contributed by atoms with van der Waals surface area (Å²) >= 11 is 0. The molecule has 0 spiro atoms. The standard InChI is InChI=1S/C11H19NO3/c1-8(2)4-5-12(3)10-7-15-6-9(10)11(13)14/h9-10H,1,4-7H2,2-3H3,(H,13,14). The highest BCUT2D eigenvalue weighted by molar-refractivity contribution is 5.71. The molecule has 86 valence electrons. The lowest BCUT2D eigenvalue weighted by atomic mass is 10.0. The molecule has 0 aromatic carbocycles. The highest BCUT2D eigenvalue weighted by Crippen LogP contribution is 2.19. The third-order valence-corrected chi connectivity index (χ3v) is 2.83. The van der Waals surface area contributed by atoms with Gasteiger partial charge in [0.1, 0.15) is 0 Å². The number of hydrogen-bond acceptors (Lipinski definition) is 3. The predicted octanol–water partition coefficient (Wildman–Crippen LogP) is 0.984. The molecule has 1 saturated heterocycles. The van der Waals surface area contributed by atoms with E-state index in [9.17, 15) is 4.79 Å². The second kappa shape index (κ2) is 5.28. The Morgan fingerprint density at radius 2 is 2.27 bits per heavy atom. The Hall–Kier alpha value is -0.870. The number of nitrogens with zero attached hydrogens (tertiary/aromatic N) is 1. The third-order valence-electron chi connectivity index (χ3n) is 2.83. The Kier molecular flexibility index (Phi) is 4.29. The fraction of sp³-hybridized carbons (Fsp3) is 0.727. The van der Waals surface area contributed by atoms with E-state index in [1.807, 2.05) is 14.0 Å². The summed E-state index contributed by atoms with van der Waals surface area (Å²) in [5.41, 5.74) is 1.12. The Balaban J connectivity index is 2.47. The van der Waals surface area contributed by atoms with Gasteiger partial charge in [0.15, 0.2) is 0 Å². The van der Waals surface area contributed by atoms with Crippen LogP contribution in [-0.4, -0.2) is 48.8 Å². The molecule has 0 aromatic heterocycles. The Bertz CT molecular complexity index is 252. The van der Waals surface area contributed by atoms with Crippen LogP contribution in [0, 0.1) is 5.92 Å². The summed E-state index contributed by atoms with van der Waals surface area (Å²) in [6.45, 7) is 7.50. The number of ether oxygens (including phenoxy) is 1. The van der Waals surface area contributed by atoms with Crippen molar-refractivity contribution in [1.82, 2.24) is 4.90 Å². The van der Waals surface area contributed by atoms with E-state index in [2.05, 4.69) is 11.5 Å². The van der Waals surface area contributed by atoms with Crippen LogP contribution in [0.5, 0.6) is 0 Å². The van der Waals surface area contributed by atoms with Crippen LogP contribution in [-0.2, 0) is 9.53 Å². The van der Waals surface area contributed by atoms with Crippen molar-refractivity contribution < 1.29 is 14.6 Å². The van der Waals surface area contributed by atoms with Crippen LogP contribution in [0.4, 0.5) is 0 Å². The van der Waals surface area contributed by atoms with E-state index in [0.29, 0.717) is 13.2 Å². The molecule has 0 radical (unpaired) electrons. The minimum absolute atomic E-state index is 0.00171. The number of aliphatic carboxylic acids is 1. The maximum Gasteiger partial charge on any atom is 0.310 e. The van der Waals surface area contributed by atoms with Gasteiger partial charge in [-0.3, -0.25) is 9.69 Å². The monoisotopic (exact) mass is 213 g/mol. The summed E-state index contributed by atoms with van der Waals surface area (Å²) in [5, 5.41) is 8.99. The van der Waals surface area contributed by atoms with Gasteiger partial charge in [-0.05, 0) is 20.4 Å². The number of carbonyl (C=O) groups is 1. The average molecular weight is 213 g/mol. The summed E-state index contributed by atoms with van der Waals surface area (Å²) < 4.78 is 5.21. The van der Waals surface area contributed by atoms with Crippen molar-refractivity contribution in [2.45, 2.75) is 19.4 Å². The Labute approximate surface area is 90.5 Å². The van der Waals surface area contributed by atoms with Crippen LogP contribution >= 0.6 is 0 Å². The largest absolute Gasteiger partial charge is 0.481 e. The summed E-state index contributed by atoms with van der Waals surface area (Å²) in [5.74, 6) is -1.15. The van der Waals surface area contributed by atoms with E-state index in [-0.39, 0.29) is 12.0 Å². The molecule has 1 aliphatic rings. The van der Waals surface area contributed by atoms with Crippen molar-refractivity contribution in [2.75, 3.05) is 26.8 Å².